The highest BCUT2D eigenvalue weighted by molar-refractivity contribution is 6.01. The van der Waals surface area contributed by atoms with E-state index in [0.717, 1.165) is 53.3 Å². The Morgan fingerprint density at radius 1 is 1.24 bits per heavy atom. The molecule has 1 aromatic heterocycles. The molecule has 0 aliphatic carbocycles. The van der Waals surface area contributed by atoms with Crippen molar-refractivity contribution in [2.24, 2.45) is 5.92 Å². The summed E-state index contributed by atoms with van der Waals surface area (Å²) in [5, 5.41) is 9.53. The Bertz CT molecular complexity index is 1120. The van der Waals surface area contributed by atoms with Crippen molar-refractivity contribution in [2.75, 3.05) is 25.2 Å². The SMILES string of the molecule is COc1ccc2c(c1)CCCN2C(=O)COC(=O)/C(C#N)=C/c1cc(C)n(CC(C)C)c1C. The number of carbonyl (C=O) groups is 2. The van der Waals surface area contributed by atoms with Crippen LogP contribution in [0.4, 0.5) is 5.69 Å². The van der Waals surface area contributed by atoms with E-state index in [4.69, 9.17) is 9.47 Å². The monoisotopic (exact) mass is 449 g/mol. The molecule has 7 heteroatoms. The Morgan fingerprint density at radius 2 is 2.00 bits per heavy atom. The zero-order valence-electron chi connectivity index (χ0n) is 20.0. The van der Waals surface area contributed by atoms with Crippen molar-refractivity contribution < 1.29 is 19.1 Å². The van der Waals surface area contributed by atoms with Crippen LogP contribution >= 0.6 is 0 Å². The van der Waals surface area contributed by atoms with Crippen LogP contribution in [0.1, 0.15) is 42.8 Å². The number of aryl methyl sites for hydroxylation is 2. The first-order valence-electron chi connectivity index (χ1n) is 11.2. The molecule has 1 amide bonds. The maximum absolute atomic E-state index is 12.8. The average Bonchev–Trinajstić information content (AvgIpc) is 3.06. The van der Waals surface area contributed by atoms with Gasteiger partial charge in [0.2, 0.25) is 0 Å². The lowest BCUT2D eigenvalue weighted by molar-refractivity contribution is -0.143. The number of nitriles is 1. The number of nitrogens with zero attached hydrogens (tertiary/aromatic N) is 3. The van der Waals surface area contributed by atoms with Crippen LogP contribution < -0.4 is 9.64 Å². The number of esters is 1. The van der Waals surface area contributed by atoms with Crippen LogP contribution in [0.25, 0.3) is 6.08 Å². The van der Waals surface area contributed by atoms with E-state index < -0.39 is 12.6 Å². The number of carbonyl (C=O) groups excluding carboxylic acids is 2. The molecule has 174 valence electrons. The standard InChI is InChI=1S/C26H31N3O4/c1-17(2)15-29-18(3)11-21(19(29)4)12-22(14-27)26(31)33-16-25(30)28-10-6-7-20-13-23(32-5)8-9-24(20)28/h8-9,11-13,17H,6-7,10,15-16H2,1-5H3/b22-12+. The maximum atomic E-state index is 12.8. The van der Waals surface area contributed by atoms with Crippen molar-refractivity contribution in [1.29, 1.82) is 5.26 Å². The Labute approximate surface area is 195 Å². The molecule has 1 aromatic carbocycles. The van der Waals surface area contributed by atoms with Crippen LogP contribution in [0.2, 0.25) is 0 Å². The minimum atomic E-state index is -0.800. The van der Waals surface area contributed by atoms with E-state index in [9.17, 15) is 14.9 Å². The van der Waals surface area contributed by atoms with E-state index in [1.807, 2.05) is 44.2 Å². The van der Waals surface area contributed by atoms with Crippen molar-refractivity contribution >= 4 is 23.6 Å². The number of anilines is 1. The second-order valence-electron chi connectivity index (χ2n) is 8.72. The van der Waals surface area contributed by atoms with Crippen molar-refractivity contribution in [3.05, 3.63) is 52.4 Å². The zero-order valence-corrected chi connectivity index (χ0v) is 20.0. The number of ether oxygens (including phenoxy) is 2. The lowest BCUT2D eigenvalue weighted by Gasteiger charge is -2.29. The molecule has 0 unspecified atom stereocenters. The Balaban J connectivity index is 1.70. The number of methoxy groups -OCH3 is 1. The third-order valence-corrected chi connectivity index (χ3v) is 5.83. The number of benzene rings is 1. The van der Waals surface area contributed by atoms with Gasteiger partial charge in [0.05, 0.1) is 7.11 Å². The number of aromatic nitrogens is 1. The van der Waals surface area contributed by atoms with E-state index in [-0.39, 0.29) is 11.5 Å². The van der Waals surface area contributed by atoms with Crippen molar-refractivity contribution in [3.8, 4) is 11.8 Å². The molecule has 0 radical (unpaired) electrons. The van der Waals surface area contributed by atoms with Crippen LogP contribution in [0.5, 0.6) is 5.75 Å². The van der Waals surface area contributed by atoms with Gasteiger partial charge in [-0.3, -0.25) is 4.79 Å². The first-order valence-corrected chi connectivity index (χ1v) is 11.2. The van der Waals surface area contributed by atoms with Gasteiger partial charge in [-0.05, 0) is 74.1 Å². The van der Waals surface area contributed by atoms with Crippen LogP contribution in [0.3, 0.4) is 0 Å². The van der Waals surface area contributed by atoms with Crippen molar-refractivity contribution in [2.45, 2.75) is 47.1 Å². The third-order valence-electron chi connectivity index (χ3n) is 5.83. The second kappa shape index (κ2) is 10.4. The first-order chi connectivity index (χ1) is 15.7. The quantitative estimate of drug-likeness (QED) is 0.359. The Kier molecular flexibility index (Phi) is 7.59. The smallest absolute Gasteiger partial charge is 0.349 e. The molecule has 1 aliphatic heterocycles. The van der Waals surface area contributed by atoms with E-state index in [1.165, 1.54) is 6.08 Å². The molecule has 3 rings (SSSR count). The minimum absolute atomic E-state index is 0.128. The van der Waals surface area contributed by atoms with Crippen LogP contribution in [0, 0.1) is 31.1 Å². The predicted octanol–water partition coefficient (Wildman–Crippen LogP) is 4.20. The highest BCUT2D eigenvalue weighted by atomic mass is 16.5. The fourth-order valence-electron chi connectivity index (χ4n) is 4.15. The van der Waals surface area contributed by atoms with Gasteiger partial charge < -0.3 is 18.9 Å². The lowest BCUT2D eigenvalue weighted by Crippen LogP contribution is -2.38. The van der Waals surface area contributed by atoms with E-state index in [2.05, 4.69) is 18.4 Å². The van der Waals surface area contributed by atoms with Gasteiger partial charge in [-0.2, -0.15) is 5.26 Å². The summed E-state index contributed by atoms with van der Waals surface area (Å²) >= 11 is 0. The lowest BCUT2D eigenvalue weighted by atomic mass is 10.0. The molecule has 0 N–H and O–H groups in total. The fourth-order valence-corrected chi connectivity index (χ4v) is 4.15. The number of amides is 1. The summed E-state index contributed by atoms with van der Waals surface area (Å²) in [5.41, 5.74) is 4.54. The summed E-state index contributed by atoms with van der Waals surface area (Å²) in [6.45, 7) is 9.24. The van der Waals surface area contributed by atoms with E-state index in [0.29, 0.717) is 12.5 Å². The fraction of sp³-hybridized carbons (Fsp3) is 0.423. The number of hydrogen-bond acceptors (Lipinski definition) is 5. The summed E-state index contributed by atoms with van der Waals surface area (Å²) in [6.07, 6.45) is 3.20. The largest absolute Gasteiger partial charge is 0.497 e. The summed E-state index contributed by atoms with van der Waals surface area (Å²) < 4.78 is 12.7. The van der Waals surface area contributed by atoms with E-state index in [1.54, 1.807) is 12.0 Å². The van der Waals surface area contributed by atoms with Crippen molar-refractivity contribution in [1.82, 2.24) is 4.57 Å². The number of fused-ring (bicyclic) bond motifs is 1. The molecule has 33 heavy (non-hydrogen) atoms. The van der Waals surface area contributed by atoms with Crippen LogP contribution in [-0.2, 0) is 27.3 Å². The molecule has 0 spiro atoms. The van der Waals surface area contributed by atoms with Gasteiger partial charge >= 0.3 is 5.97 Å². The molecule has 7 nitrogen and oxygen atoms in total. The molecule has 0 bridgehead atoms. The maximum Gasteiger partial charge on any atom is 0.349 e. The third kappa shape index (κ3) is 5.46. The predicted molar refractivity (Wildman–Crippen MR) is 127 cm³/mol. The number of rotatable bonds is 7. The highest BCUT2D eigenvalue weighted by Gasteiger charge is 2.24. The van der Waals surface area contributed by atoms with Gasteiger partial charge in [0.15, 0.2) is 6.61 Å². The molecule has 0 atom stereocenters. The van der Waals surface area contributed by atoms with Gasteiger partial charge in [-0.1, -0.05) is 13.8 Å². The summed E-state index contributed by atoms with van der Waals surface area (Å²) in [5.74, 6) is 0.0958. The topological polar surface area (TPSA) is 84.6 Å². The molecule has 0 fully saturated rings. The van der Waals surface area contributed by atoms with E-state index >= 15 is 0 Å². The second-order valence-corrected chi connectivity index (χ2v) is 8.72. The molecule has 1 aliphatic rings. The minimum Gasteiger partial charge on any atom is -0.497 e. The molecule has 2 heterocycles. The summed E-state index contributed by atoms with van der Waals surface area (Å²) in [6, 6.07) is 9.45. The summed E-state index contributed by atoms with van der Waals surface area (Å²) in [7, 11) is 1.61. The molecular formula is C26H31N3O4. The van der Waals surface area contributed by atoms with Crippen LogP contribution in [-0.4, -0.2) is 36.7 Å². The number of hydrogen-bond donors (Lipinski definition) is 0. The van der Waals surface area contributed by atoms with Crippen LogP contribution in [0.15, 0.2) is 29.8 Å². The van der Waals surface area contributed by atoms with Gasteiger partial charge in [-0.15, -0.1) is 0 Å². The Morgan fingerprint density at radius 3 is 2.67 bits per heavy atom. The highest BCUT2D eigenvalue weighted by Crippen LogP contribution is 2.30. The molecule has 0 saturated carbocycles. The average molecular weight is 450 g/mol. The van der Waals surface area contributed by atoms with Gasteiger partial charge in [0.1, 0.15) is 17.4 Å². The summed E-state index contributed by atoms with van der Waals surface area (Å²) in [4.78, 5) is 27.0. The zero-order chi connectivity index (χ0) is 24.1. The normalized spacial score (nSPS) is 13.5. The molecule has 0 saturated heterocycles. The van der Waals surface area contributed by atoms with Gasteiger partial charge in [0.25, 0.3) is 5.91 Å². The van der Waals surface area contributed by atoms with Gasteiger partial charge in [-0.25, -0.2) is 4.79 Å². The van der Waals surface area contributed by atoms with Crippen molar-refractivity contribution in [3.63, 3.8) is 0 Å². The first kappa shape index (κ1) is 24.1. The van der Waals surface area contributed by atoms with Gasteiger partial charge in [0, 0.05) is 30.2 Å². The Hall–Kier alpha value is -3.53. The molecule has 2 aromatic rings. The molecular weight excluding hydrogens is 418 g/mol.